The lowest BCUT2D eigenvalue weighted by atomic mass is 10.1. The number of aromatic hydroxyl groups is 1. The number of ether oxygens (including phenoxy) is 2. The van der Waals surface area contributed by atoms with E-state index in [1.54, 1.807) is 23.5 Å². The molecule has 2 aromatic heterocycles. The molecule has 0 saturated heterocycles. The standard InChI is InChI=1S/C25H26N2O3S/c1-15(2)29-19-13-18(14-20(24(19)28)30-16(3)4)25-26-22(17-9-6-5-7-10-17)23(27-25)21-11-8-12-31-21/h5-16,28H,1-4H3,(H,26,27). The van der Waals surface area contributed by atoms with Crippen molar-refractivity contribution in [3.63, 3.8) is 0 Å². The summed E-state index contributed by atoms with van der Waals surface area (Å²) < 4.78 is 11.7. The number of nitrogens with zero attached hydrogens (tertiary/aromatic N) is 1. The molecule has 2 N–H and O–H groups in total. The highest BCUT2D eigenvalue weighted by molar-refractivity contribution is 7.13. The summed E-state index contributed by atoms with van der Waals surface area (Å²) in [5, 5.41) is 12.7. The van der Waals surface area contributed by atoms with Gasteiger partial charge in [0.15, 0.2) is 11.5 Å². The zero-order valence-corrected chi connectivity index (χ0v) is 18.9. The van der Waals surface area contributed by atoms with Crippen molar-refractivity contribution < 1.29 is 14.6 Å². The second-order valence-corrected chi connectivity index (χ2v) is 8.75. The predicted octanol–water partition coefficient (Wildman–Crippen LogP) is 6.75. The average Bonchev–Trinajstić information content (AvgIpc) is 3.40. The Hall–Kier alpha value is -3.25. The van der Waals surface area contributed by atoms with Crippen LogP contribution in [0.1, 0.15) is 27.7 Å². The van der Waals surface area contributed by atoms with E-state index < -0.39 is 0 Å². The Morgan fingerprint density at radius 1 is 0.871 bits per heavy atom. The van der Waals surface area contributed by atoms with Crippen LogP contribution in [-0.2, 0) is 0 Å². The number of rotatable bonds is 7. The summed E-state index contributed by atoms with van der Waals surface area (Å²) in [6.07, 6.45) is -0.183. The molecule has 0 fully saturated rings. The molecular weight excluding hydrogens is 408 g/mol. The fourth-order valence-electron chi connectivity index (χ4n) is 3.32. The van der Waals surface area contributed by atoms with E-state index in [-0.39, 0.29) is 18.0 Å². The first-order chi connectivity index (χ1) is 14.9. The maximum Gasteiger partial charge on any atom is 0.200 e. The Labute approximate surface area is 186 Å². The Balaban J connectivity index is 1.87. The van der Waals surface area contributed by atoms with E-state index in [9.17, 15) is 5.11 Å². The number of phenolic OH excluding ortho intramolecular Hbond substituents is 1. The number of aromatic nitrogens is 2. The van der Waals surface area contributed by atoms with Crippen molar-refractivity contribution in [2.45, 2.75) is 39.9 Å². The SMILES string of the molecule is CC(C)Oc1cc(-c2nc(-c3ccccc3)c(-c3cccs3)[nH]2)cc(OC(C)C)c1O. The molecule has 2 aromatic carbocycles. The van der Waals surface area contributed by atoms with E-state index in [4.69, 9.17) is 14.5 Å². The summed E-state index contributed by atoms with van der Waals surface area (Å²) in [6, 6.07) is 17.8. The number of phenols is 1. The summed E-state index contributed by atoms with van der Waals surface area (Å²) >= 11 is 1.66. The molecule has 31 heavy (non-hydrogen) atoms. The lowest BCUT2D eigenvalue weighted by molar-refractivity contribution is 0.211. The maximum atomic E-state index is 10.7. The molecule has 6 heteroatoms. The molecule has 4 rings (SSSR count). The van der Waals surface area contributed by atoms with Gasteiger partial charge in [0.1, 0.15) is 5.82 Å². The van der Waals surface area contributed by atoms with Crippen LogP contribution in [0.25, 0.3) is 33.2 Å². The smallest absolute Gasteiger partial charge is 0.200 e. The number of imidazole rings is 1. The van der Waals surface area contributed by atoms with E-state index >= 15 is 0 Å². The van der Waals surface area contributed by atoms with Gasteiger partial charge in [0.25, 0.3) is 0 Å². The Morgan fingerprint density at radius 2 is 1.52 bits per heavy atom. The van der Waals surface area contributed by atoms with Crippen LogP contribution < -0.4 is 9.47 Å². The minimum atomic E-state index is -0.0915. The number of nitrogens with one attached hydrogen (secondary N) is 1. The number of hydrogen-bond acceptors (Lipinski definition) is 5. The van der Waals surface area contributed by atoms with E-state index in [0.29, 0.717) is 17.3 Å². The van der Waals surface area contributed by atoms with Gasteiger partial charge in [-0.1, -0.05) is 36.4 Å². The maximum absolute atomic E-state index is 10.7. The molecule has 160 valence electrons. The molecule has 0 atom stereocenters. The zero-order valence-electron chi connectivity index (χ0n) is 18.0. The van der Waals surface area contributed by atoms with Gasteiger partial charge in [-0.25, -0.2) is 4.98 Å². The first-order valence-corrected chi connectivity index (χ1v) is 11.2. The number of H-pyrrole nitrogens is 1. The van der Waals surface area contributed by atoms with Gasteiger partial charge in [0.2, 0.25) is 5.75 Å². The van der Waals surface area contributed by atoms with Crippen molar-refractivity contribution in [1.29, 1.82) is 0 Å². The van der Waals surface area contributed by atoms with Crippen LogP contribution in [-0.4, -0.2) is 27.3 Å². The molecule has 2 heterocycles. The molecule has 0 aliphatic heterocycles. The van der Waals surface area contributed by atoms with Gasteiger partial charge in [0, 0.05) is 11.1 Å². The number of aromatic amines is 1. The molecule has 0 radical (unpaired) electrons. The van der Waals surface area contributed by atoms with Crippen LogP contribution >= 0.6 is 11.3 Å². The normalized spacial score (nSPS) is 11.3. The topological polar surface area (TPSA) is 67.4 Å². The molecule has 5 nitrogen and oxygen atoms in total. The third-order valence-electron chi connectivity index (χ3n) is 4.56. The molecule has 0 bridgehead atoms. The second-order valence-electron chi connectivity index (χ2n) is 7.81. The van der Waals surface area contributed by atoms with Crippen molar-refractivity contribution in [3.05, 3.63) is 60.0 Å². The lowest BCUT2D eigenvalue weighted by Gasteiger charge is -2.17. The van der Waals surface area contributed by atoms with Crippen LogP contribution in [0.3, 0.4) is 0 Å². The highest BCUT2D eigenvalue weighted by Gasteiger charge is 2.20. The van der Waals surface area contributed by atoms with Crippen LogP contribution in [0.2, 0.25) is 0 Å². The van der Waals surface area contributed by atoms with Crippen molar-refractivity contribution >= 4 is 11.3 Å². The first kappa shape index (κ1) is 21.0. The number of benzene rings is 2. The fraction of sp³-hybridized carbons (Fsp3) is 0.240. The van der Waals surface area contributed by atoms with Crippen molar-refractivity contribution in [1.82, 2.24) is 9.97 Å². The van der Waals surface area contributed by atoms with Gasteiger partial charge in [-0.2, -0.15) is 0 Å². The summed E-state index contributed by atoms with van der Waals surface area (Å²) in [7, 11) is 0. The summed E-state index contributed by atoms with van der Waals surface area (Å²) in [4.78, 5) is 9.53. The van der Waals surface area contributed by atoms with Crippen molar-refractivity contribution in [2.75, 3.05) is 0 Å². The predicted molar refractivity (Wildman–Crippen MR) is 126 cm³/mol. The van der Waals surface area contributed by atoms with E-state index in [0.717, 1.165) is 27.4 Å². The second kappa shape index (κ2) is 8.86. The first-order valence-electron chi connectivity index (χ1n) is 10.3. The summed E-state index contributed by atoms with van der Waals surface area (Å²) in [6.45, 7) is 7.68. The molecular formula is C25H26N2O3S. The van der Waals surface area contributed by atoms with Crippen molar-refractivity contribution in [2.24, 2.45) is 0 Å². The number of hydrogen-bond donors (Lipinski definition) is 2. The van der Waals surface area contributed by atoms with Gasteiger partial charge in [-0.15, -0.1) is 11.3 Å². The minimum absolute atomic E-state index is 0.000491. The summed E-state index contributed by atoms with van der Waals surface area (Å²) in [5.74, 6) is 1.43. The van der Waals surface area contributed by atoms with Crippen molar-refractivity contribution in [3.8, 4) is 50.5 Å². The highest BCUT2D eigenvalue weighted by Crippen LogP contribution is 2.42. The molecule has 0 amide bonds. The zero-order chi connectivity index (χ0) is 22.0. The molecule has 0 spiro atoms. The fourth-order valence-corrected chi connectivity index (χ4v) is 4.05. The van der Waals surface area contributed by atoms with Gasteiger partial charge >= 0.3 is 0 Å². The Bertz CT molecular complexity index is 1120. The molecule has 0 aliphatic rings. The molecule has 0 saturated carbocycles. The summed E-state index contributed by atoms with van der Waals surface area (Å²) in [5.41, 5.74) is 3.65. The van der Waals surface area contributed by atoms with E-state index in [1.807, 2.05) is 57.3 Å². The van der Waals surface area contributed by atoms with E-state index in [1.165, 1.54) is 0 Å². The van der Waals surface area contributed by atoms with Crippen LogP contribution in [0.15, 0.2) is 60.0 Å². The van der Waals surface area contributed by atoms with Gasteiger partial charge in [0.05, 0.1) is 28.5 Å². The average molecular weight is 435 g/mol. The van der Waals surface area contributed by atoms with Crippen LogP contribution in [0.4, 0.5) is 0 Å². The minimum Gasteiger partial charge on any atom is -0.502 e. The third kappa shape index (κ3) is 4.59. The number of thiophene rings is 1. The monoisotopic (exact) mass is 434 g/mol. The lowest BCUT2D eigenvalue weighted by Crippen LogP contribution is -2.09. The Morgan fingerprint density at radius 3 is 2.06 bits per heavy atom. The quantitative estimate of drug-likeness (QED) is 0.337. The molecule has 0 aliphatic carbocycles. The molecule has 0 unspecified atom stereocenters. The highest BCUT2D eigenvalue weighted by atomic mass is 32.1. The third-order valence-corrected chi connectivity index (χ3v) is 5.44. The largest absolute Gasteiger partial charge is 0.502 e. The van der Waals surface area contributed by atoms with Crippen LogP contribution in [0.5, 0.6) is 17.2 Å². The van der Waals surface area contributed by atoms with Gasteiger partial charge < -0.3 is 19.6 Å². The Kier molecular flexibility index (Phi) is 6.00. The molecule has 4 aromatic rings. The van der Waals surface area contributed by atoms with Crippen LogP contribution in [0, 0.1) is 0 Å². The van der Waals surface area contributed by atoms with Gasteiger partial charge in [-0.3, -0.25) is 0 Å². The van der Waals surface area contributed by atoms with Gasteiger partial charge in [-0.05, 0) is 51.3 Å². The van der Waals surface area contributed by atoms with E-state index in [2.05, 4.69) is 23.2 Å².